The second kappa shape index (κ2) is 2.66. The molecule has 0 aliphatic heterocycles. The summed E-state index contributed by atoms with van der Waals surface area (Å²) >= 11 is 1.48. The van der Waals surface area contributed by atoms with Crippen LogP contribution in [0.1, 0.15) is 18.7 Å². The van der Waals surface area contributed by atoms with Crippen LogP contribution in [0.3, 0.4) is 0 Å². The van der Waals surface area contributed by atoms with Crippen molar-refractivity contribution in [2.75, 3.05) is 0 Å². The lowest BCUT2D eigenvalue weighted by Crippen LogP contribution is -2.27. The van der Waals surface area contributed by atoms with Gasteiger partial charge in [-0.15, -0.1) is 11.3 Å². The van der Waals surface area contributed by atoms with Crippen molar-refractivity contribution in [1.82, 2.24) is 0 Å². The zero-order valence-corrected chi connectivity index (χ0v) is 7.31. The molecule has 0 radical (unpaired) electrons. The van der Waals surface area contributed by atoms with E-state index in [4.69, 9.17) is 5.11 Å². The van der Waals surface area contributed by atoms with E-state index in [0.29, 0.717) is 0 Å². The topological polar surface area (TPSA) is 37.3 Å². The standard InChI is InChI=1S/C8H10O2S/c1-8(2,7(9)10)6-4-3-5-11-6/h3-5H,1-2H3,(H,9,10). The molecule has 0 bridgehead atoms. The first kappa shape index (κ1) is 8.27. The van der Waals surface area contributed by atoms with Crippen LogP contribution in [0.4, 0.5) is 0 Å². The zero-order valence-electron chi connectivity index (χ0n) is 6.50. The number of carbonyl (C=O) groups is 1. The molecule has 1 aromatic rings. The molecule has 1 rings (SSSR count). The first-order valence-electron chi connectivity index (χ1n) is 3.32. The quantitative estimate of drug-likeness (QED) is 0.738. The van der Waals surface area contributed by atoms with E-state index < -0.39 is 11.4 Å². The molecule has 11 heavy (non-hydrogen) atoms. The maximum Gasteiger partial charge on any atom is 0.314 e. The highest BCUT2D eigenvalue weighted by molar-refractivity contribution is 7.10. The molecule has 0 fully saturated rings. The van der Waals surface area contributed by atoms with Crippen LogP contribution in [-0.4, -0.2) is 11.1 Å². The molecule has 0 atom stereocenters. The predicted molar refractivity (Wildman–Crippen MR) is 45.0 cm³/mol. The molecule has 0 aliphatic carbocycles. The maximum atomic E-state index is 10.7. The number of carboxylic acid groups (broad SMARTS) is 1. The van der Waals surface area contributed by atoms with Gasteiger partial charge in [0.1, 0.15) is 0 Å². The highest BCUT2D eigenvalue weighted by Crippen LogP contribution is 2.27. The number of rotatable bonds is 2. The molecule has 1 heterocycles. The molecule has 0 amide bonds. The van der Waals surface area contributed by atoms with Crippen molar-refractivity contribution in [3.8, 4) is 0 Å². The number of thiophene rings is 1. The maximum absolute atomic E-state index is 10.7. The smallest absolute Gasteiger partial charge is 0.314 e. The molecule has 0 aromatic carbocycles. The molecular weight excluding hydrogens is 160 g/mol. The van der Waals surface area contributed by atoms with E-state index in [1.54, 1.807) is 13.8 Å². The predicted octanol–water partition coefficient (Wildman–Crippen LogP) is 2.11. The summed E-state index contributed by atoms with van der Waals surface area (Å²) in [4.78, 5) is 11.6. The van der Waals surface area contributed by atoms with E-state index in [9.17, 15) is 4.79 Å². The van der Waals surface area contributed by atoms with Crippen molar-refractivity contribution in [2.45, 2.75) is 19.3 Å². The van der Waals surface area contributed by atoms with E-state index >= 15 is 0 Å². The Kier molecular flexibility index (Phi) is 2.00. The van der Waals surface area contributed by atoms with Crippen molar-refractivity contribution in [2.24, 2.45) is 0 Å². The lowest BCUT2D eigenvalue weighted by Gasteiger charge is -2.16. The van der Waals surface area contributed by atoms with Crippen molar-refractivity contribution in [3.05, 3.63) is 22.4 Å². The van der Waals surface area contributed by atoms with E-state index in [0.717, 1.165) is 4.88 Å². The zero-order chi connectivity index (χ0) is 8.48. The molecule has 3 heteroatoms. The monoisotopic (exact) mass is 170 g/mol. The van der Waals surface area contributed by atoms with Gasteiger partial charge in [-0.05, 0) is 25.3 Å². The Balaban J connectivity index is 3.00. The van der Waals surface area contributed by atoms with E-state index in [2.05, 4.69) is 0 Å². The van der Waals surface area contributed by atoms with Gasteiger partial charge in [-0.1, -0.05) is 6.07 Å². The number of aliphatic carboxylic acids is 1. The largest absolute Gasteiger partial charge is 0.481 e. The summed E-state index contributed by atoms with van der Waals surface area (Å²) in [5, 5.41) is 10.7. The minimum atomic E-state index is -0.778. The van der Waals surface area contributed by atoms with Gasteiger partial charge in [-0.2, -0.15) is 0 Å². The molecule has 0 aliphatic rings. The van der Waals surface area contributed by atoms with Crippen LogP contribution in [0.15, 0.2) is 17.5 Å². The Labute approximate surface area is 69.5 Å². The highest BCUT2D eigenvalue weighted by atomic mass is 32.1. The van der Waals surface area contributed by atoms with Gasteiger partial charge in [0, 0.05) is 4.88 Å². The van der Waals surface area contributed by atoms with Crippen LogP contribution in [0.25, 0.3) is 0 Å². The number of hydrogen-bond acceptors (Lipinski definition) is 2. The summed E-state index contributed by atoms with van der Waals surface area (Å²) in [6, 6.07) is 3.71. The Morgan fingerprint density at radius 3 is 2.64 bits per heavy atom. The van der Waals surface area contributed by atoms with Crippen LogP contribution in [0, 0.1) is 0 Å². The molecule has 0 unspecified atom stereocenters. The van der Waals surface area contributed by atoms with Gasteiger partial charge >= 0.3 is 5.97 Å². The highest BCUT2D eigenvalue weighted by Gasteiger charge is 2.29. The molecular formula is C8H10O2S. The summed E-state index contributed by atoms with van der Waals surface area (Å²) in [7, 11) is 0. The fourth-order valence-electron chi connectivity index (χ4n) is 0.740. The molecule has 0 saturated carbocycles. The van der Waals surface area contributed by atoms with Gasteiger partial charge in [0.25, 0.3) is 0 Å². The number of hydrogen-bond donors (Lipinski definition) is 1. The molecule has 0 spiro atoms. The lowest BCUT2D eigenvalue weighted by molar-refractivity contribution is -0.142. The minimum Gasteiger partial charge on any atom is -0.481 e. The molecule has 0 saturated heterocycles. The summed E-state index contributed by atoms with van der Waals surface area (Å²) in [6.07, 6.45) is 0. The first-order valence-corrected chi connectivity index (χ1v) is 4.20. The SMILES string of the molecule is CC(C)(C(=O)O)c1cccs1. The van der Waals surface area contributed by atoms with E-state index in [1.807, 2.05) is 17.5 Å². The Morgan fingerprint density at radius 1 is 1.64 bits per heavy atom. The summed E-state index contributed by atoms with van der Waals surface area (Å²) in [5.74, 6) is -0.778. The Bertz CT molecular complexity index is 249. The minimum absolute atomic E-state index is 0.742. The fourth-order valence-corrected chi connectivity index (χ4v) is 1.58. The van der Waals surface area contributed by atoms with Crippen molar-refractivity contribution < 1.29 is 9.90 Å². The van der Waals surface area contributed by atoms with Crippen molar-refractivity contribution in [3.63, 3.8) is 0 Å². The normalized spacial score (nSPS) is 11.5. The van der Waals surface area contributed by atoms with Crippen LogP contribution >= 0.6 is 11.3 Å². The lowest BCUT2D eigenvalue weighted by atomic mass is 9.92. The van der Waals surface area contributed by atoms with E-state index in [-0.39, 0.29) is 0 Å². The average molecular weight is 170 g/mol. The number of carboxylic acids is 1. The third kappa shape index (κ3) is 1.43. The second-order valence-corrected chi connectivity index (χ2v) is 3.86. The Morgan fingerprint density at radius 2 is 2.27 bits per heavy atom. The van der Waals surface area contributed by atoms with E-state index in [1.165, 1.54) is 11.3 Å². The van der Waals surface area contributed by atoms with Gasteiger partial charge in [0.2, 0.25) is 0 Å². The van der Waals surface area contributed by atoms with Gasteiger partial charge < -0.3 is 5.11 Å². The van der Waals surface area contributed by atoms with Crippen molar-refractivity contribution in [1.29, 1.82) is 0 Å². The second-order valence-electron chi connectivity index (χ2n) is 2.91. The molecule has 1 aromatic heterocycles. The fraction of sp³-hybridized carbons (Fsp3) is 0.375. The van der Waals surface area contributed by atoms with Gasteiger partial charge in [-0.25, -0.2) is 0 Å². The van der Waals surface area contributed by atoms with Gasteiger partial charge in [0.15, 0.2) is 0 Å². The van der Waals surface area contributed by atoms with Crippen LogP contribution in [0.5, 0.6) is 0 Å². The molecule has 1 N–H and O–H groups in total. The summed E-state index contributed by atoms with van der Waals surface area (Å²) < 4.78 is 0. The van der Waals surface area contributed by atoms with Crippen molar-refractivity contribution >= 4 is 17.3 Å². The third-order valence-corrected chi connectivity index (χ3v) is 2.87. The summed E-state index contributed by atoms with van der Waals surface area (Å²) in [5.41, 5.74) is -0.742. The first-order chi connectivity index (χ1) is 5.05. The van der Waals surface area contributed by atoms with Gasteiger partial charge in [-0.3, -0.25) is 4.79 Å². The average Bonchev–Trinajstić information content (AvgIpc) is 2.37. The molecule has 2 nitrogen and oxygen atoms in total. The third-order valence-electron chi connectivity index (χ3n) is 1.67. The van der Waals surface area contributed by atoms with Crippen LogP contribution < -0.4 is 0 Å². The van der Waals surface area contributed by atoms with Crippen LogP contribution in [-0.2, 0) is 10.2 Å². The molecule has 60 valence electrons. The van der Waals surface area contributed by atoms with Gasteiger partial charge in [0.05, 0.1) is 5.41 Å². The van der Waals surface area contributed by atoms with Crippen LogP contribution in [0.2, 0.25) is 0 Å². The Hall–Kier alpha value is -0.830. The summed E-state index contributed by atoms with van der Waals surface area (Å²) in [6.45, 7) is 3.42.